The fraction of sp³-hybridized carbons (Fsp3) is 0.211. The lowest BCUT2D eigenvalue weighted by molar-refractivity contribution is 0.477. The number of benzene rings is 2. The normalized spacial score (nSPS) is 17.5. The lowest BCUT2D eigenvalue weighted by Crippen LogP contribution is -2.22. The highest BCUT2D eigenvalue weighted by atomic mass is 16.3. The third-order valence-corrected chi connectivity index (χ3v) is 4.32. The van der Waals surface area contributed by atoms with Crippen LogP contribution in [0.3, 0.4) is 0 Å². The lowest BCUT2D eigenvalue weighted by Gasteiger charge is -2.16. The molecule has 116 valence electrons. The summed E-state index contributed by atoms with van der Waals surface area (Å²) in [7, 11) is 0. The molecule has 1 aliphatic heterocycles. The van der Waals surface area contributed by atoms with Crippen molar-refractivity contribution in [2.24, 2.45) is 0 Å². The van der Waals surface area contributed by atoms with Crippen molar-refractivity contribution in [3.8, 4) is 17.0 Å². The van der Waals surface area contributed by atoms with Crippen LogP contribution in [0.4, 0.5) is 5.69 Å². The van der Waals surface area contributed by atoms with E-state index in [-0.39, 0.29) is 5.75 Å². The maximum atomic E-state index is 10.1. The van der Waals surface area contributed by atoms with E-state index in [1.807, 2.05) is 42.5 Å². The van der Waals surface area contributed by atoms with E-state index >= 15 is 0 Å². The number of anilines is 1. The number of pyridine rings is 1. The number of aromatic nitrogens is 1. The van der Waals surface area contributed by atoms with Crippen LogP contribution < -0.4 is 10.6 Å². The van der Waals surface area contributed by atoms with E-state index in [1.54, 1.807) is 6.07 Å². The molecule has 1 saturated heterocycles. The largest absolute Gasteiger partial charge is 0.507 e. The van der Waals surface area contributed by atoms with Crippen LogP contribution in [0.5, 0.6) is 5.75 Å². The van der Waals surface area contributed by atoms with Gasteiger partial charge < -0.3 is 15.7 Å². The Bertz CT molecular complexity index is 841. The van der Waals surface area contributed by atoms with Crippen LogP contribution in [0.1, 0.15) is 6.42 Å². The van der Waals surface area contributed by atoms with E-state index in [0.717, 1.165) is 47.4 Å². The van der Waals surface area contributed by atoms with Gasteiger partial charge in [0.1, 0.15) is 5.75 Å². The monoisotopic (exact) mass is 305 g/mol. The van der Waals surface area contributed by atoms with Crippen molar-refractivity contribution in [2.75, 3.05) is 18.4 Å². The molecule has 2 aromatic carbocycles. The second-order valence-corrected chi connectivity index (χ2v) is 5.92. The predicted octanol–water partition coefficient (Wildman–Crippen LogP) is 3.38. The Balaban J connectivity index is 1.84. The van der Waals surface area contributed by atoms with Gasteiger partial charge in [-0.15, -0.1) is 0 Å². The Morgan fingerprint density at radius 3 is 2.74 bits per heavy atom. The molecular weight excluding hydrogens is 286 g/mol. The molecule has 1 aliphatic rings. The highest BCUT2D eigenvalue weighted by Crippen LogP contribution is 2.33. The molecule has 0 saturated carbocycles. The fourth-order valence-corrected chi connectivity index (χ4v) is 3.12. The van der Waals surface area contributed by atoms with Gasteiger partial charge in [0.25, 0.3) is 0 Å². The average Bonchev–Trinajstić information content (AvgIpc) is 3.08. The van der Waals surface area contributed by atoms with Gasteiger partial charge in [-0.05, 0) is 37.2 Å². The number of phenolic OH excluding ortho intramolecular Hbond substituents is 1. The Hall–Kier alpha value is -2.59. The minimum Gasteiger partial charge on any atom is -0.507 e. The van der Waals surface area contributed by atoms with E-state index < -0.39 is 0 Å². The van der Waals surface area contributed by atoms with E-state index in [4.69, 9.17) is 4.98 Å². The van der Waals surface area contributed by atoms with Gasteiger partial charge in [0.05, 0.1) is 11.2 Å². The second-order valence-electron chi connectivity index (χ2n) is 5.92. The molecule has 23 heavy (non-hydrogen) atoms. The Morgan fingerprint density at radius 1 is 1.09 bits per heavy atom. The van der Waals surface area contributed by atoms with Gasteiger partial charge in [0, 0.05) is 29.2 Å². The van der Waals surface area contributed by atoms with Gasteiger partial charge in [-0.1, -0.05) is 30.3 Å². The summed E-state index contributed by atoms with van der Waals surface area (Å²) in [5.41, 5.74) is 3.55. The SMILES string of the molecule is Oc1ccccc1-c1cc(NC2CCNC2)c2ccccc2n1. The number of phenols is 1. The summed E-state index contributed by atoms with van der Waals surface area (Å²) < 4.78 is 0. The van der Waals surface area contributed by atoms with Gasteiger partial charge >= 0.3 is 0 Å². The third-order valence-electron chi connectivity index (χ3n) is 4.32. The summed E-state index contributed by atoms with van der Waals surface area (Å²) >= 11 is 0. The summed E-state index contributed by atoms with van der Waals surface area (Å²) in [4.78, 5) is 4.73. The number of aromatic hydroxyl groups is 1. The summed E-state index contributed by atoms with van der Waals surface area (Å²) in [5, 5.41) is 18.3. The van der Waals surface area contributed by atoms with Crippen molar-refractivity contribution in [2.45, 2.75) is 12.5 Å². The van der Waals surface area contributed by atoms with Gasteiger partial charge in [0.15, 0.2) is 0 Å². The Morgan fingerprint density at radius 2 is 1.91 bits per heavy atom. The van der Waals surface area contributed by atoms with Crippen LogP contribution in [-0.4, -0.2) is 29.2 Å². The van der Waals surface area contributed by atoms with Crippen LogP contribution in [0.2, 0.25) is 0 Å². The highest BCUT2D eigenvalue weighted by molar-refractivity contribution is 5.94. The van der Waals surface area contributed by atoms with Crippen molar-refractivity contribution in [3.05, 3.63) is 54.6 Å². The zero-order valence-corrected chi connectivity index (χ0v) is 12.8. The number of hydrogen-bond donors (Lipinski definition) is 3. The average molecular weight is 305 g/mol. The molecule has 1 atom stereocenters. The first-order valence-electron chi connectivity index (χ1n) is 7.97. The maximum absolute atomic E-state index is 10.1. The van der Waals surface area contributed by atoms with E-state index in [2.05, 4.69) is 16.7 Å². The topological polar surface area (TPSA) is 57.2 Å². The molecule has 1 unspecified atom stereocenters. The summed E-state index contributed by atoms with van der Waals surface area (Å²) in [5.74, 6) is 0.253. The van der Waals surface area contributed by atoms with Crippen LogP contribution in [0.25, 0.3) is 22.2 Å². The summed E-state index contributed by atoms with van der Waals surface area (Å²) in [6, 6.07) is 17.9. The second kappa shape index (κ2) is 5.89. The van der Waals surface area contributed by atoms with E-state index in [1.165, 1.54) is 0 Å². The van der Waals surface area contributed by atoms with Crippen LogP contribution in [0, 0.1) is 0 Å². The minimum absolute atomic E-state index is 0.253. The summed E-state index contributed by atoms with van der Waals surface area (Å²) in [6.07, 6.45) is 1.11. The molecule has 0 bridgehead atoms. The van der Waals surface area contributed by atoms with Gasteiger partial charge in [-0.3, -0.25) is 0 Å². The van der Waals surface area contributed by atoms with Crippen molar-refractivity contribution in [1.82, 2.24) is 10.3 Å². The zero-order valence-electron chi connectivity index (χ0n) is 12.8. The number of para-hydroxylation sites is 2. The van der Waals surface area contributed by atoms with Crippen LogP contribution >= 0.6 is 0 Å². The number of rotatable bonds is 3. The molecule has 0 amide bonds. The lowest BCUT2D eigenvalue weighted by atomic mass is 10.1. The van der Waals surface area contributed by atoms with Crippen molar-refractivity contribution >= 4 is 16.6 Å². The molecule has 3 N–H and O–H groups in total. The van der Waals surface area contributed by atoms with E-state index in [0.29, 0.717) is 6.04 Å². The first-order chi connectivity index (χ1) is 11.3. The minimum atomic E-state index is 0.253. The molecule has 1 fully saturated rings. The molecule has 0 radical (unpaired) electrons. The highest BCUT2D eigenvalue weighted by Gasteiger charge is 2.16. The fourth-order valence-electron chi connectivity index (χ4n) is 3.12. The first-order valence-corrected chi connectivity index (χ1v) is 7.97. The van der Waals surface area contributed by atoms with Gasteiger partial charge in [-0.25, -0.2) is 4.98 Å². The van der Waals surface area contributed by atoms with Crippen LogP contribution in [0.15, 0.2) is 54.6 Å². The molecule has 2 heterocycles. The van der Waals surface area contributed by atoms with Crippen LogP contribution in [-0.2, 0) is 0 Å². The molecule has 3 aromatic rings. The molecule has 4 nitrogen and oxygen atoms in total. The number of fused-ring (bicyclic) bond motifs is 1. The zero-order chi connectivity index (χ0) is 15.6. The predicted molar refractivity (Wildman–Crippen MR) is 93.7 cm³/mol. The molecule has 0 aliphatic carbocycles. The molecule has 0 spiro atoms. The van der Waals surface area contributed by atoms with E-state index in [9.17, 15) is 5.11 Å². The Kier molecular flexibility index (Phi) is 3.60. The van der Waals surface area contributed by atoms with Gasteiger partial charge in [-0.2, -0.15) is 0 Å². The Labute approximate surface area is 135 Å². The number of hydrogen-bond acceptors (Lipinski definition) is 4. The third kappa shape index (κ3) is 2.73. The molecule has 4 rings (SSSR count). The molecular formula is C19H19N3O. The number of nitrogens with one attached hydrogen (secondary N) is 2. The summed E-state index contributed by atoms with van der Waals surface area (Å²) in [6.45, 7) is 2.02. The molecule has 4 heteroatoms. The number of nitrogens with zero attached hydrogens (tertiary/aromatic N) is 1. The van der Waals surface area contributed by atoms with Gasteiger partial charge in [0.2, 0.25) is 0 Å². The van der Waals surface area contributed by atoms with Crippen molar-refractivity contribution < 1.29 is 5.11 Å². The first kappa shape index (κ1) is 14.0. The quantitative estimate of drug-likeness (QED) is 0.694. The van der Waals surface area contributed by atoms with Crippen molar-refractivity contribution in [3.63, 3.8) is 0 Å². The standard InChI is InChI=1S/C19H19N3O/c23-19-8-4-2-6-15(19)18-11-17(21-13-9-10-20-12-13)14-5-1-3-7-16(14)22-18/h1-8,11,13,20,23H,9-10,12H2,(H,21,22). The smallest absolute Gasteiger partial charge is 0.124 e. The molecule has 1 aromatic heterocycles. The van der Waals surface area contributed by atoms with Crippen molar-refractivity contribution in [1.29, 1.82) is 0 Å². The maximum Gasteiger partial charge on any atom is 0.124 e.